The zero-order valence-electron chi connectivity index (χ0n) is 9.56. The van der Waals surface area contributed by atoms with E-state index in [2.05, 4.69) is 53.5 Å². The molecule has 1 N–H and O–H groups in total. The van der Waals surface area contributed by atoms with Gasteiger partial charge in [-0.15, -0.1) is 0 Å². The van der Waals surface area contributed by atoms with E-state index in [0.29, 0.717) is 0 Å². The van der Waals surface area contributed by atoms with Gasteiger partial charge in [0.15, 0.2) is 0 Å². The number of halogens is 1. The molecular formula is C12H18BrNS. The molecule has 0 aromatic heterocycles. The molecule has 1 rings (SSSR count). The van der Waals surface area contributed by atoms with E-state index in [1.807, 2.05) is 11.8 Å². The van der Waals surface area contributed by atoms with Gasteiger partial charge in [-0.3, -0.25) is 0 Å². The summed E-state index contributed by atoms with van der Waals surface area (Å²) in [6.45, 7) is 5.32. The largest absolute Gasteiger partial charge is 0.385 e. The lowest BCUT2D eigenvalue weighted by Crippen LogP contribution is -2.03. The highest BCUT2D eigenvalue weighted by molar-refractivity contribution is 9.10. The van der Waals surface area contributed by atoms with Gasteiger partial charge in [-0.2, -0.15) is 11.8 Å². The molecule has 84 valence electrons. The molecule has 0 saturated carbocycles. The number of aryl methyl sites for hydroxylation is 2. The van der Waals surface area contributed by atoms with E-state index in [1.54, 1.807) is 0 Å². The van der Waals surface area contributed by atoms with Crippen LogP contribution in [0.2, 0.25) is 0 Å². The van der Waals surface area contributed by atoms with Gasteiger partial charge in [-0.1, -0.05) is 15.9 Å². The average Bonchev–Trinajstić information content (AvgIpc) is 2.21. The SMILES string of the molecule is CSCCCNc1cc(C)c(Br)c(C)c1. The summed E-state index contributed by atoms with van der Waals surface area (Å²) in [6, 6.07) is 4.38. The van der Waals surface area contributed by atoms with Crippen LogP contribution in [0.4, 0.5) is 5.69 Å². The van der Waals surface area contributed by atoms with Crippen molar-refractivity contribution in [3.63, 3.8) is 0 Å². The third kappa shape index (κ3) is 4.07. The van der Waals surface area contributed by atoms with Gasteiger partial charge in [0, 0.05) is 16.7 Å². The van der Waals surface area contributed by atoms with Crippen LogP contribution >= 0.6 is 27.7 Å². The van der Waals surface area contributed by atoms with Crippen LogP contribution in [-0.4, -0.2) is 18.6 Å². The number of rotatable bonds is 5. The van der Waals surface area contributed by atoms with Crippen molar-refractivity contribution >= 4 is 33.4 Å². The molecule has 0 bridgehead atoms. The number of hydrogen-bond donors (Lipinski definition) is 1. The van der Waals surface area contributed by atoms with Gasteiger partial charge in [-0.05, 0) is 55.5 Å². The zero-order valence-corrected chi connectivity index (χ0v) is 12.0. The van der Waals surface area contributed by atoms with Gasteiger partial charge < -0.3 is 5.32 Å². The fraction of sp³-hybridized carbons (Fsp3) is 0.500. The second-order valence-electron chi connectivity index (χ2n) is 3.70. The lowest BCUT2D eigenvalue weighted by atomic mass is 10.1. The molecule has 1 nitrogen and oxygen atoms in total. The van der Waals surface area contributed by atoms with Crippen molar-refractivity contribution in [2.45, 2.75) is 20.3 Å². The molecular weight excluding hydrogens is 270 g/mol. The number of hydrogen-bond acceptors (Lipinski definition) is 2. The Kier molecular flexibility index (Phi) is 5.54. The van der Waals surface area contributed by atoms with Crippen LogP contribution in [0.25, 0.3) is 0 Å². The summed E-state index contributed by atoms with van der Waals surface area (Å²) in [5, 5.41) is 3.45. The Morgan fingerprint density at radius 1 is 1.27 bits per heavy atom. The maximum Gasteiger partial charge on any atom is 0.0346 e. The molecule has 0 aliphatic heterocycles. The third-order valence-electron chi connectivity index (χ3n) is 2.29. The van der Waals surface area contributed by atoms with E-state index in [0.717, 1.165) is 6.54 Å². The highest BCUT2D eigenvalue weighted by Gasteiger charge is 2.01. The van der Waals surface area contributed by atoms with Crippen molar-refractivity contribution in [2.24, 2.45) is 0 Å². The average molecular weight is 288 g/mol. The first-order chi connectivity index (χ1) is 7.15. The molecule has 0 radical (unpaired) electrons. The van der Waals surface area contributed by atoms with E-state index >= 15 is 0 Å². The predicted octanol–water partition coefficient (Wildman–Crippen LogP) is 4.23. The topological polar surface area (TPSA) is 12.0 Å². The van der Waals surface area contributed by atoms with Crippen LogP contribution in [0.15, 0.2) is 16.6 Å². The first kappa shape index (κ1) is 12.9. The number of thioether (sulfide) groups is 1. The van der Waals surface area contributed by atoms with Gasteiger partial charge in [0.05, 0.1) is 0 Å². The molecule has 3 heteroatoms. The summed E-state index contributed by atoms with van der Waals surface area (Å²) in [6.07, 6.45) is 3.36. The van der Waals surface area contributed by atoms with Crippen LogP contribution < -0.4 is 5.32 Å². The van der Waals surface area contributed by atoms with Crippen molar-refractivity contribution < 1.29 is 0 Å². The summed E-state index contributed by atoms with van der Waals surface area (Å²) in [7, 11) is 0. The highest BCUT2D eigenvalue weighted by Crippen LogP contribution is 2.24. The second-order valence-corrected chi connectivity index (χ2v) is 5.48. The minimum atomic E-state index is 1.06. The predicted molar refractivity (Wildman–Crippen MR) is 75.1 cm³/mol. The van der Waals surface area contributed by atoms with Gasteiger partial charge in [-0.25, -0.2) is 0 Å². The fourth-order valence-electron chi connectivity index (χ4n) is 1.50. The number of nitrogens with one attached hydrogen (secondary N) is 1. The second kappa shape index (κ2) is 6.44. The summed E-state index contributed by atoms with van der Waals surface area (Å²) in [4.78, 5) is 0. The molecule has 0 fully saturated rings. The molecule has 0 unspecified atom stereocenters. The lowest BCUT2D eigenvalue weighted by molar-refractivity contribution is 0.992. The Morgan fingerprint density at radius 3 is 2.40 bits per heavy atom. The van der Waals surface area contributed by atoms with E-state index in [4.69, 9.17) is 0 Å². The molecule has 0 heterocycles. The van der Waals surface area contributed by atoms with E-state index in [1.165, 1.54) is 33.5 Å². The van der Waals surface area contributed by atoms with E-state index in [-0.39, 0.29) is 0 Å². The van der Waals surface area contributed by atoms with E-state index in [9.17, 15) is 0 Å². The van der Waals surface area contributed by atoms with Crippen molar-refractivity contribution in [1.29, 1.82) is 0 Å². The first-order valence-electron chi connectivity index (χ1n) is 5.14. The Labute approximate surface area is 105 Å². The van der Waals surface area contributed by atoms with Crippen LogP contribution in [0.1, 0.15) is 17.5 Å². The monoisotopic (exact) mass is 287 g/mol. The standard InChI is InChI=1S/C12H18BrNS/c1-9-7-11(8-10(2)12(9)13)14-5-4-6-15-3/h7-8,14H,4-6H2,1-3H3. The first-order valence-corrected chi connectivity index (χ1v) is 7.33. The lowest BCUT2D eigenvalue weighted by Gasteiger charge is -2.10. The summed E-state index contributed by atoms with van der Waals surface area (Å²) in [5.74, 6) is 1.22. The molecule has 1 aromatic rings. The molecule has 0 atom stereocenters. The number of benzene rings is 1. The van der Waals surface area contributed by atoms with Gasteiger partial charge >= 0.3 is 0 Å². The van der Waals surface area contributed by atoms with Gasteiger partial charge in [0.1, 0.15) is 0 Å². The van der Waals surface area contributed by atoms with Crippen LogP contribution in [-0.2, 0) is 0 Å². The minimum absolute atomic E-state index is 1.06. The molecule has 0 aliphatic carbocycles. The molecule has 15 heavy (non-hydrogen) atoms. The highest BCUT2D eigenvalue weighted by atomic mass is 79.9. The number of anilines is 1. The van der Waals surface area contributed by atoms with Crippen molar-refractivity contribution in [3.05, 3.63) is 27.7 Å². The fourth-order valence-corrected chi connectivity index (χ4v) is 2.16. The maximum absolute atomic E-state index is 3.58. The van der Waals surface area contributed by atoms with Crippen LogP contribution in [0.3, 0.4) is 0 Å². The van der Waals surface area contributed by atoms with Crippen molar-refractivity contribution in [3.8, 4) is 0 Å². The molecule has 0 amide bonds. The van der Waals surface area contributed by atoms with Gasteiger partial charge in [0.25, 0.3) is 0 Å². The van der Waals surface area contributed by atoms with Crippen molar-refractivity contribution in [2.75, 3.05) is 23.9 Å². The van der Waals surface area contributed by atoms with Crippen LogP contribution in [0, 0.1) is 13.8 Å². The third-order valence-corrected chi connectivity index (χ3v) is 4.24. The summed E-state index contributed by atoms with van der Waals surface area (Å²) in [5.41, 5.74) is 3.82. The zero-order chi connectivity index (χ0) is 11.3. The molecule has 0 saturated heterocycles. The Morgan fingerprint density at radius 2 is 1.87 bits per heavy atom. The summed E-state index contributed by atoms with van der Waals surface area (Å²) >= 11 is 5.47. The Balaban J connectivity index is 2.55. The molecule has 0 spiro atoms. The Bertz CT molecular complexity index is 302. The van der Waals surface area contributed by atoms with Crippen molar-refractivity contribution in [1.82, 2.24) is 0 Å². The van der Waals surface area contributed by atoms with Gasteiger partial charge in [0.2, 0.25) is 0 Å². The van der Waals surface area contributed by atoms with E-state index < -0.39 is 0 Å². The molecule has 1 aromatic carbocycles. The molecule has 0 aliphatic rings. The minimum Gasteiger partial charge on any atom is -0.385 e. The summed E-state index contributed by atoms with van der Waals surface area (Å²) < 4.78 is 1.22. The quantitative estimate of drug-likeness (QED) is 0.814. The Hall–Kier alpha value is -0.150. The smallest absolute Gasteiger partial charge is 0.0346 e. The maximum atomic E-state index is 3.58. The normalized spacial score (nSPS) is 10.4. The van der Waals surface area contributed by atoms with Crippen LogP contribution in [0.5, 0.6) is 0 Å².